The highest BCUT2D eigenvalue weighted by atomic mass is 16.2. The molecule has 1 aromatic carbocycles. The molecule has 0 aliphatic carbocycles. The minimum atomic E-state index is -0.00706. The highest BCUT2D eigenvalue weighted by Crippen LogP contribution is 2.25. The van der Waals surface area contributed by atoms with Crippen LogP contribution in [0.15, 0.2) is 42.6 Å². The molecule has 0 radical (unpaired) electrons. The summed E-state index contributed by atoms with van der Waals surface area (Å²) in [5.41, 5.74) is 3.94. The van der Waals surface area contributed by atoms with Crippen LogP contribution in [0.4, 0.5) is 10.5 Å². The second-order valence-corrected chi connectivity index (χ2v) is 6.37. The molecule has 0 unspecified atom stereocenters. The van der Waals surface area contributed by atoms with Crippen molar-refractivity contribution in [2.24, 2.45) is 5.92 Å². The number of hydrogen-bond acceptors (Lipinski definition) is 2. The number of rotatable bonds is 2. The van der Waals surface area contributed by atoms with Crippen molar-refractivity contribution >= 4 is 11.7 Å². The van der Waals surface area contributed by atoms with Gasteiger partial charge < -0.3 is 10.2 Å². The second-order valence-electron chi connectivity index (χ2n) is 6.37. The normalized spacial score (nSPS) is 17.8. The van der Waals surface area contributed by atoms with Crippen LogP contribution in [0.3, 0.4) is 0 Å². The maximum absolute atomic E-state index is 12.4. The number of pyridine rings is 1. The van der Waals surface area contributed by atoms with Crippen LogP contribution < -0.4 is 5.32 Å². The number of carbonyl (C=O) groups is 1. The van der Waals surface area contributed by atoms with Gasteiger partial charge in [0.2, 0.25) is 0 Å². The molecule has 1 aliphatic heterocycles. The first-order valence-corrected chi connectivity index (χ1v) is 8.21. The maximum atomic E-state index is 12.4. The zero-order valence-corrected chi connectivity index (χ0v) is 13.7. The van der Waals surface area contributed by atoms with Gasteiger partial charge in [0.05, 0.1) is 5.69 Å². The molecule has 4 nitrogen and oxygen atoms in total. The minimum absolute atomic E-state index is 0.00706. The van der Waals surface area contributed by atoms with E-state index in [-0.39, 0.29) is 6.03 Å². The Balaban J connectivity index is 1.77. The van der Waals surface area contributed by atoms with E-state index < -0.39 is 0 Å². The van der Waals surface area contributed by atoms with Crippen LogP contribution in [0, 0.1) is 12.8 Å². The number of nitrogens with one attached hydrogen (secondary N) is 1. The number of urea groups is 1. The fourth-order valence-electron chi connectivity index (χ4n) is 3.07. The Labute approximate surface area is 137 Å². The molecule has 4 heteroatoms. The van der Waals surface area contributed by atoms with E-state index in [0.717, 1.165) is 42.0 Å². The zero-order chi connectivity index (χ0) is 16.2. The summed E-state index contributed by atoms with van der Waals surface area (Å²) < 4.78 is 0. The van der Waals surface area contributed by atoms with Crippen LogP contribution in [0.2, 0.25) is 0 Å². The van der Waals surface area contributed by atoms with Gasteiger partial charge in [-0.3, -0.25) is 4.98 Å². The molecule has 1 aliphatic rings. The molecule has 0 saturated carbocycles. The Hall–Kier alpha value is -2.36. The van der Waals surface area contributed by atoms with Gasteiger partial charge in [0.25, 0.3) is 0 Å². The van der Waals surface area contributed by atoms with Crippen molar-refractivity contribution in [3.05, 3.63) is 48.2 Å². The van der Waals surface area contributed by atoms with Crippen molar-refractivity contribution in [1.29, 1.82) is 0 Å². The highest BCUT2D eigenvalue weighted by molar-refractivity contribution is 5.90. The van der Waals surface area contributed by atoms with E-state index in [1.54, 1.807) is 6.20 Å². The first-order chi connectivity index (χ1) is 11.1. The average molecular weight is 309 g/mol. The number of aromatic nitrogens is 1. The summed E-state index contributed by atoms with van der Waals surface area (Å²) in [5, 5.41) is 3.03. The maximum Gasteiger partial charge on any atom is 0.321 e. The molecule has 1 saturated heterocycles. The van der Waals surface area contributed by atoms with Gasteiger partial charge in [0.1, 0.15) is 0 Å². The van der Waals surface area contributed by atoms with E-state index in [9.17, 15) is 4.79 Å². The average Bonchev–Trinajstić information content (AvgIpc) is 2.57. The second kappa shape index (κ2) is 6.82. The molecule has 3 rings (SSSR count). The molecular weight excluding hydrogens is 286 g/mol. The summed E-state index contributed by atoms with van der Waals surface area (Å²) in [7, 11) is 0. The van der Waals surface area contributed by atoms with Crippen molar-refractivity contribution in [3.63, 3.8) is 0 Å². The summed E-state index contributed by atoms with van der Waals surface area (Å²) in [6, 6.07) is 11.8. The van der Waals surface area contributed by atoms with Crippen LogP contribution in [-0.4, -0.2) is 29.0 Å². The zero-order valence-electron chi connectivity index (χ0n) is 13.7. The van der Waals surface area contributed by atoms with Crippen molar-refractivity contribution in [3.8, 4) is 11.3 Å². The highest BCUT2D eigenvalue weighted by Gasteiger charge is 2.21. The van der Waals surface area contributed by atoms with Crippen LogP contribution >= 0.6 is 0 Å². The lowest BCUT2D eigenvalue weighted by atomic mass is 10.0. The van der Waals surface area contributed by atoms with Crippen molar-refractivity contribution < 1.29 is 4.79 Å². The molecule has 23 heavy (non-hydrogen) atoms. The third-order valence-corrected chi connectivity index (χ3v) is 4.37. The first-order valence-electron chi connectivity index (χ1n) is 8.21. The van der Waals surface area contributed by atoms with Gasteiger partial charge in [-0.25, -0.2) is 4.79 Å². The van der Waals surface area contributed by atoms with Crippen molar-refractivity contribution in [2.45, 2.75) is 26.7 Å². The quantitative estimate of drug-likeness (QED) is 0.898. The number of hydrogen-bond donors (Lipinski definition) is 1. The molecule has 2 aromatic rings. The van der Waals surface area contributed by atoms with E-state index in [2.05, 4.69) is 24.1 Å². The summed E-state index contributed by atoms with van der Waals surface area (Å²) in [6.07, 6.45) is 4.08. The van der Waals surface area contributed by atoms with E-state index in [1.165, 1.54) is 6.42 Å². The summed E-state index contributed by atoms with van der Waals surface area (Å²) in [6.45, 7) is 5.94. The molecule has 2 heterocycles. The Morgan fingerprint density at radius 2 is 2.17 bits per heavy atom. The molecule has 1 aromatic heterocycles. The first kappa shape index (κ1) is 15.5. The number of nitrogens with zero attached hydrogens (tertiary/aromatic N) is 2. The van der Waals surface area contributed by atoms with Gasteiger partial charge in [0, 0.05) is 30.5 Å². The summed E-state index contributed by atoms with van der Waals surface area (Å²) in [4.78, 5) is 18.8. The minimum Gasteiger partial charge on any atom is -0.324 e. The monoisotopic (exact) mass is 309 g/mol. The Kier molecular flexibility index (Phi) is 4.60. The van der Waals surface area contributed by atoms with Crippen molar-refractivity contribution in [1.82, 2.24) is 9.88 Å². The van der Waals surface area contributed by atoms with E-state index >= 15 is 0 Å². The van der Waals surface area contributed by atoms with E-state index in [0.29, 0.717) is 5.92 Å². The Bertz CT molecular complexity index is 684. The molecule has 1 N–H and O–H groups in total. The fraction of sp³-hybridized carbons (Fsp3) is 0.368. The molecule has 1 atom stereocenters. The molecule has 2 amide bonds. The lowest BCUT2D eigenvalue weighted by Gasteiger charge is -2.31. The lowest BCUT2D eigenvalue weighted by molar-refractivity contribution is 0.182. The smallest absolute Gasteiger partial charge is 0.321 e. The number of likely N-dealkylation sites (tertiary alicyclic amines) is 1. The van der Waals surface area contributed by atoms with Crippen LogP contribution in [0.25, 0.3) is 11.3 Å². The van der Waals surface area contributed by atoms with Crippen LogP contribution in [-0.2, 0) is 0 Å². The largest absolute Gasteiger partial charge is 0.324 e. The number of aryl methyl sites for hydroxylation is 1. The number of carbonyl (C=O) groups excluding carboxylic acids is 1. The topological polar surface area (TPSA) is 45.2 Å². The Morgan fingerprint density at radius 1 is 1.30 bits per heavy atom. The van der Waals surface area contributed by atoms with Gasteiger partial charge >= 0.3 is 6.03 Å². The van der Waals surface area contributed by atoms with Crippen molar-refractivity contribution in [2.75, 3.05) is 18.4 Å². The van der Waals surface area contributed by atoms with Gasteiger partial charge in [-0.1, -0.05) is 19.1 Å². The number of piperidine rings is 1. The SMILES string of the molecule is Cc1ccc(NC(=O)N2CCC[C@@H](C)C2)cc1-c1ccccn1. The van der Waals surface area contributed by atoms with Crippen LogP contribution in [0.5, 0.6) is 0 Å². The molecule has 1 fully saturated rings. The predicted octanol–water partition coefficient (Wildman–Crippen LogP) is 4.32. The number of anilines is 1. The molecule has 0 bridgehead atoms. The standard InChI is InChI=1S/C19H23N3O/c1-14-6-5-11-22(13-14)19(23)21-16-9-8-15(2)17(12-16)18-7-3-4-10-20-18/h3-4,7-10,12,14H,5-6,11,13H2,1-2H3,(H,21,23)/t14-/m1/s1. The van der Waals surface area contributed by atoms with E-state index in [1.807, 2.05) is 41.3 Å². The third-order valence-electron chi connectivity index (χ3n) is 4.37. The van der Waals surface area contributed by atoms with Gasteiger partial charge in [-0.05, 0) is 55.5 Å². The van der Waals surface area contributed by atoms with Gasteiger partial charge in [-0.2, -0.15) is 0 Å². The van der Waals surface area contributed by atoms with E-state index in [4.69, 9.17) is 0 Å². The Morgan fingerprint density at radius 3 is 2.91 bits per heavy atom. The molecule has 120 valence electrons. The molecular formula is C19H23N3O. The van der Waals surface area contributed by atoms with Gasteiger partial charge in [-0.15, -0.1) is 0 Å². The fourth-order valence-corrected chi connectivity index (χ4v) is 3.07. The molecule has 0 spiro atoms. The summed E-state index contributed by atoms with van der Waals surface area (Å²) >= 11 is 0. The lowest BCUT2D eigenvalue weighted by Crippen LogP contribution is -2.41. The summed E-state index contributed by atoms with van der Waals surface area (Å²) in [5.74, 6) is 0.580. The van der Waals surface area contributed by atoms with Crippen LogP contribution in [0.1, 0.15) is 25.3 Å². The number of benzene rings is 1. The number of amides is 2. The third kappa shape index (κ3) is 3.70. The van der Waals surface area contributed by atoms with Gasteiger partial charge in [0.15, 0.2) is 0 Å². The predicted molar refractivity (Wildman–Crippen MR) is 93.4 cm³/mol.